The summed E-state index contributed by atoms with van der Waals surface area (Å²) in [5.41, 5.74) is 1.73. The molecular formula is C23H26N4O5. The monoisotopic (exact) mass is 438 g/mol. The lowest BCUT2D eigenvalue weighted by molar-refractivity contribution is -0.135. The predicted molar refractivity (Wildman–Crippen MR) is 118 cm³/mol. The van der Waals surface area contributed by atoms with Crippen molar-refractivity contribution in [3.63, 3.8) is 0 Å². The van der Waals surface area contributed by atoms with Crippen LogP contribution in [0.2, 0.25) is 0 Å². The Kier molecular flexibility index (Phi) is 6.47. The average Bonchev–Trinajstić information content (AvgIpc) is 3.00. The SMILES string of the molecule is CCC1(c2ccc(OC)cc2)NC(=O)N(CC(=O)NC(=O)Nc2ccc(C)cc2C)C1=O. The molecule has 1 aliphatic rings. The number of aryl methyl sites for hydroxylation is 2. The first-order chi connectivity index (χ1) is 15.2. The average molecular weight is 438 g/mol. The van der Waals surface area contributed by atoms with Crippen LogP contribution in [0.1, 0.15) is 30.0 Å². The van der Waals surface area contributed by atoms with E-state index in [0.29, 0.717) is 17.0 Å². The zero-order chi connectivity index (χ0) is 23.5. The van der Waals surface area contributed by atoms with Crippen LogP contribution in [0, 0.1) is 13.8 Å². The molecule has 0 aliphatic carbocycles. The van der Waals surface area contributed by atoms with E-state index in [1.54, 1.807) is 37.3 Å². The van der Waals surface area contributed by atoms with Crippen LogP contribution in [-0.4, -0.2) is 42.4 Å². The van der Waals surface area contributed by atoms with Crippen molar-refractivity contribution in [2.45, 2.75) is 32.7 Å². The van der Waals surface area contributed by atoms with Crippen LogP contribution in [0.15, 0.2) is 42.5 Å². The van der Waals surface area contributed by atoms with E-state index >= 15 is 0 Å². The van der Waals surface area contributed by atoms with Crippen LogP contribution in [0.4, 0.5) is 15.3 Å². The number of benzene rings is 2. The van der Waals surface area contributed by atoms with Crippen LogP contribution in [0.5, 0.6) is 5.75 Å². The molecule has 1 saturated heterocycles. The predicted octanol–water partition coefficient (Wildman–Crippen LogP) is 2.82. The van der Waals surface area contributed by atoms with Gasteiger partial charge in [0.1, 0.15) is 17.8 Å². The molecule has 0 radical (unpaired) electrons. The van der Waals surface area contributed by atoms with E-state index < -0.39 is 36.0 Å². The number of hydrogen-bond donors (Lipinski definition) is 3. The molecule has 0 aromatic heterocycles. The van der Waals surface area contributed by atoms with Crippen molar-refractivity contribution in [3.8, 4) is 5.75 Å². The van der Waals surface area contributed by atoms with Crippen LogP contribution < -0.4 is 20.7 Å². The lowest BCUT2D eigenvalue weighted by Gasteiger charge is -2.25. The Morgan fingerprint density at radius 2 is 1.78 bits per heavy atom. The second-order valence-electron chi connectivity index (χ2n) is 7.63. The van der Waals surface area contributed by atoms with E-state index in [-0.39, 0.29) is 6.42 Å². The van der Waals surface area contributed by atoms with Gasteiger partial charge in [0.2, 0.25) is 5.91 Å². The number of nitrogens with zero attached hydrogens (tertiary/aromatic N) is 1. The van der Waals surface area contributed by atoms with Crippen LogP contribution in [0.25, 0.3) is 0 Å². The van der Waals surface area contributed by atoms with E-state index in [1.807, 2.05) is 26.0 Å². The minimum Gasteiger partial charge on any atom is -0.497 e. The summed E-state index contributed by atoms with van der Waals surface area (Å²) in [6.45, 7) is 4.95. The summed E-state index contributed by atoms with van der Waals surface area (Å²) in [7, 11) is 1.53. The number of nitrogens with one attached hydrogen (secondary N) is 3. The zero-order valence-electron chi connectivity index (χ0n) is 18.4. The zero-order valence-corrected chi connectivity index (χ0v) is 18.4. The number of imide groups is 2. The molecule has 0 saturated carbocycles. The van der Waals surface area contributed by atoms with Gasteiger partial charge in [-0.15, -0.1) is 0 Å². The van der Waals surface area contributed by atoms with Crippen molar-refractivity contribution < 1.29 is 23.9 Å². The molecule has 3 N–H and O–H groups in total. The Hall–Kier alpha value is -3.88. The second kappa shape index (κ2) is 9.09. The van der Waals surface area contributed by atoms with Crippen molar-refractivity contribution in [2.75, 3.05) is 19.0 Å². The molecule has 168 valence electrons. The molecule has 1 aliphatic heterocycles. The van der Waals surface area contributed by atoms with Gasteiger partial charge >= 0.3 is 12.1 Å². The highest BCUT2D eigenvalue weighted by molar-refractivity contribution is 6.11. The summed E-state index contributed by atoms with van der Waals surface area (Å²) >= 11 is 0. The molecule has 32 heavy (non-hydrogen) atoms. The molecule has 0 bridgehead atoms. The van der Waals surface area contributed by atoms with Gasteiger partial charge in [-0.05, 0) is 49.6 Å². The van der Waals surface area contributed by atoms with Crippen molar-refractivity contribution in [1.82, 2.24) is 15.5 Å². The van der Waals surface area contributed by atoms with Crippen molar-refractivity contribution >= 4 is 29.6 Å². The van der Waals surface area contributed by atoms with Gasteiger partial charge < -0.3 is 15.4 Å². The summed E-state index contributed by atoms with van der Waals surface area (Å²) in [5.74, 6) is -0.722. The standard InChI is InChI=1S/C23H26N4O5/c1-5-23(16-7-9-17(32-4)10-8-16)20(29)27(22(31)26-23)13-19(28)25-21(30)24-18-11-6-14(2)12-15(18)3/h6-12H,5,13H2,1-4H3,(H,26,31)(H2,24,25,28,30). The number of methoxy groups -OCH3 is 1. The molecule has 1 heterocycles. The van der Waals surface area contributed by atoms with E-state index in [0.717, 1.165) is 16.0 Å². The van der Waals surface area contributed by atoms with Gasteiger partial charge in [-0.3, -0.25) is 19.8 Å². The summed E-state index contributed by atoms with van der Waals surface area (Å²) in [6.07, 6.45) is 0.287. The van der Waals surface area contributed by atoms with Crippen LogP contribution >= 0.6 is 0 Å². The number of anilines is 1. The fourth-order valence-corrected chi connectivity index (χ4v) is 3.70. The van der Waals surface area contributed by atoms with Gasteiger partial charge in [-0.1, -0.05) is 36.8 Å². The van der Waals surface area contributed by atoms with E-state index in [1.165, 1.54) is 7.11 Å². The Morgan fingerprint density at radius 3 is 2.38 bits per heavy atom. The lowest BCUT2D eigenvalue weighted by Crippen LogP contribution is -2.46. The van der Waals surface area contributed by atoms with Crippen molar-refractivity contribution in [3.05, 3.63) is 59.2 Å². The van der Waals surface area contributed by atoms with Gasteiger partial charge in [-0.2, -0.15) is 0 Å². The maximum Gasteiger partial charge on any atom is 0.325 e. The number of hydrogen-bond acceptors (Lipinski definition) is 5. The number of carbonyl (C=O) groups excluding carboxylic acids is 4. The highest BCUT2D eigenvalue weighted by Gasteiger charge is 2.51. The fourth-order valence-electron chi connectivity index (χ4n) is 3.70. The molecular weight excluding hydrogens is 412 g/mol. The van der Waals surface area contributed by atoms with E-state index in [9.17, 15) is 19.2 Å². The van der Waals surface area contributed by atoms with E-state index in [4.69, 9.17) is 4.74 Å². The third-order valence-corrected chi connectivity index (χ3v) is 5.47. The molecule has 1 unspecified atom stereocenters. The minimum atomic E-state index is -1.29. The molecule has 1 atom stereocenters. The largest absolute Gasteiger partial charge is 0.497 e. The molecule has 0 spiro atoms. The molecule has 9 nitrogen and oxygen atoms in total. The third-order valence-electron chi connectivity index (χ3n) is 5.47. The fraction of sp³-hybridized carbons (Fsp3) is 0.304. The quantitative estimate of drug-likeness (QED) is 0.600. The number of amides is 6. The summed E-state index contributed by atoms with van der Waals surface area (Å²) in [4.78, 5) is 51.1. The Balaban J connectivity index is 1.68. The Morgan fingerprint density at radius 1 is 1.09 bits per heavy atom. The second-order valence-corrected chi connectivity index (χ2v) is 7.63. The molecule has 2 aromatic carbocycles. The first kappa shape index (κ1) is 22.8. The van der Waals surface area contributed by atoms with Crippen LogP contribution in [-0.2, 0) is 15.1 Å². The van der Waals surface area contributed by atoms with Crippen LogP contribution in [0.3, 0.4) is 0 Å². The number of ether oxygens (including phenoxy) is 1. The normalized spacial score (nSPS) is 17.7. The number of carbonyl (C=O) groups is 4. The highest BCUT2D eigenvalue weighted by atomic mass is 16.5. The van der Waals surface area contributed by atoms with Gasteiger partial charge in [0.15, 0.2) is 0 Å². The Labute approximate surface area is 186 Å². The van der Waals surface area contributed by atoms with Crippen molar-refractivity contribution in [2.24, 2.45) is 0 Å². The van der Waals surface area contributed by atoms with Gasteiger partial charge in [-0.25, -0.2) is 9.59 Å². The lowest BCUT2D eigenvalue weighted by atomic mass is 9.87. The van der Waals surface area contributed by atoms with Gasteiger partial charge in [0.05, 0.1) is 7.11 Å². The Bertz CT molecular complexity index is 1070. The molecule has 9 heteroatoms. The first-order valence-corrected chi connectivity index (χ1v) is 10.2. The summed E-state index contributed by atoms with van der Waals surface area (Å²) in [5, 5.41) is 7.45. The molecule has 3 rings (SSSR count). The van der Waals surface area contributed by atoms with E-state index in [2.05, 4.69) is 16.0 Å². The smallest absolute Gasteiger partial charge is 0.325 e. The topological polar surface area (TPSA) is 117 Å². The van der Waals surface area contributed by atoms with Gasteiger partial charge in [0, 0.05) is 5.69 Å². The minimum absolute atomic E-state index is 0.287. The molecule has 2 aromatic rings. The van der Waals surface area contributed by atoms with Crippen molar-refractivity contribution in [1.29, 1.82) is 0 Å². The maximum absolute atomic E-state index is 13.1. The summed E-state index contributed by atoms with van der Waals surface area (Å²) in [6, 6.07) is 10.8. The third kappa shape index (κ3) is 4.41. The number of rotatable bonds is 6. The number of urea groups is 2. The highest BCUT2D eigenvalue weighted by Crippen LogP contribution is 2.33. The molecule has 6 amide bonds. The summed E-state index contributed by atoms with van der Waals surface area (Å²) < 4.78 is 5.14. The maximum atomic E-state index is 13.1. The van der Waals surface area contributed by atoms with Gasteiger partial charge in [0.25, 0.3) is 5.91 Å². The molecule has 1 fully saturated rings. The first-order valence-electron chi connectivity index (χ1n) is 10.2.